The molecule has 0 aliphatic rings. The first-order valence-electron chi connectivity index (χ1n) is 2.05. The summed E-state index contributed by atoms with van der Waals surface area (Å²) in [7, 11) is 0. The molecule has 0 saturated carbocycles. The monoisotopic (exact) mass is 302 g/mol. The molecular formula is C4H8Cl4Pd. The van der Waals surface area contributed by atoms with Crippen LogP contribution in [0.25, 0.3) is 0 Å². The third kappa shape index (κ3) is 75.5. The summed E-state index contributed by atoms with van der Waals surface area (Å²) in [5.41, 5.74) is 0. The average Bonchev–Trinajstić information content (AvgIpc) is 1.65. The van der Waals surface area contributed by atoms with Gasteiger partial charge in [-0.25, -0.2) is 0 Å². The molecule has 0 atom stereocenters. The molecule has 62 valence electrons. The minimum absolute atomic E-state index is 0. The maximum atomic E-state index is 5.05. The Morgan fingerprint density at radius 2 is 1.22 bits per heavy atom. The van der Waals surface area contributed by atoms with Crippen LogP contribution in [-0.2, 0) is 20.4 Å². The summed E-state index contributed by atoms with van der Waals surface area (Å²) < 4.78 is 0. The van der Waals surface area contributed by atoms with Crippen molar-refractivity contribution in [1.82, 2.24) is 0 Å². The summed E-state index contributed by atoms with van der Waals surface area (Å²) >= 11 is 20.2. The Hall–Kier alpha value is 1.82. The van der Waals surface area contributed by atoms with Gasteiger partial charge in [0.1, 0.15) is 4.84 Å². The SMILES string of the molecule is CC(Cl)Cl.ClCCCl.[Pd]. The first-order valence-corrected chi connectivity index (χ1v) is 3.99. The van der Waals surface area contributed by atoms with Crippen molar-refractivity contribution in [2.45, 2.75) is 11.8 Å². The van der Waals surface area contributed by atoms with Crippen molar-refractivity contribution in [3.8, 4) is 0 Å². The van der Waals surface area contributed by atoms with E-state index in [1.807, 2.05) is 0 Å². The second-order valence-electron chi connectivity index (χ2n) is 0.897. The van der Waals surface area contributed by atoms with Crippen molar-refractivity contribution < 1.29 is 20.4 Å². The smallest absolute Gasteiger partial charge is 0.105 e. The van der Waals surface area contributed by atoms with E-state index in [1.54, 1.807) is 6.92 Å². The Bertz CT molecular complexity index is 29.0. The third-order valence-electron chi connectivity index (χ3n) is 0.0714. The maximum Gasteiger partial charge on any atom is 0.105 e. The Kier molecular flexibility index (Phi) is 31.1. The van der Waals surface area contributed by atoms with Gasteiger partial charge in [-0.15, -0.1) is 46.4 Å². The molecule has 0 nitrogen and oxygen atoms in total. The van der Waals surface area contributed by atoms with Crippen molar-refractivity contribution in [3.05, 3.63) is 0 Å². The minimum atomic E-state index is -0.222. The van der Waals surface area contributed by atoms with Crippen molar-refractivity contribution in [2.24, 2.45) is 0 Å². The molecule has 0 aromatic carbocycles. The number of hydrogen-bond donors (Lipinski definition) is 0. The van der Waals surface area contributed by atoms with Gasteiger partial charge in [0.05, 0.1) is 0 Å². The van der Waals surface area contributed by atoms with E-state index in [0.29, 0.717) is 11.8 Å². The zero-order chi connectivity index (χ0) is 6.99. The third-order valence-corrected chi connectivity index (χ3v) is 0.643. The van der Waals surface area contributed by atoms with E-state index >= 15 is 0 Å². The molecule has 9 heavy (non-hydrogen) atoms. The molecule has 0 saturated heterocycles. The van der Waals surface area contributed by atoms with Gasteiger partial charge in [-0.3, -0.25) is 0 Å². The van der Waals surface area contributed by atoms with E-state index in [2.05, 4.69) is 0 Å². The standard InChI is InChI=1S/2C2H4Cl2.Pd/c1-2(3)4;3-1-2-4;/h2H,1H3;1-2H2;. The Labute approximate surface area is 89.8 Å². The van der Waals surface area contributed by atoms with Crippen LogP contribution in [0.3, 0.4) is 0 Å². The van der Waals surface area contributed by atoms with Gasteiger partial charge in [-0.05, 0) is 6.92 Å². The molecule has 0 aromatic heterocycles. The largest absolute Gasteiger partial charge is 0.125 e. The van der Waals surface area contributed by atoms with E-state index in [0.717, 1.165) is 0 Å². The molecule has 0 N–H and O–H groups in total. The van der Waals surface area contributed by atoms with Gasteiger partial charge < -0.3 is 0 Å². The molecule has 0 fully saturated rings. The van der Waals surface area contributed by atoms with E-state index in [9.17, 15) is 0 Å². The fourth-order valence-corrected chi connectivity index (χ4v) is 0. The fourth-order valence-electron chi connectivity index (χ4n) is 0. The van der Waals surface area contributed by atoms with Crippen molar-refractivity contribution in [1.29, 1.82) is 0 Å². The topological polar surface area (TPSA) is 0 Å². The van der Waals surface area contributed by atoms with Gasteiger partial charge in [-0.1, -0.05) is 0 Å². The predicted octanol–water partition coefficient (Wildman–Crippen LogP) is 3.27. The maximum absolute atomic E-state index is 5.05. The van der Waals surface area contributed by atoms with Crippen LogP contribution in [0, 0.1) is 0 Å². The van der Waals surface area contributed by atoms with E-state index < -0.39 is 0 Å². The van der Waals surface area contributed by atoms with Crippen molar-refractivity contribution >= 4 is 46.4 Å². The van der Waals surface area contributed by atoms with Gasteiger partial charge in [0.2, 0.25) is 0 Å². The molecule has 0 unspecified atom stereocenters. The molecule has 0 bridgehead atoms. The van der Waals surface area contributed by atoms with Crippen LogP contribution in [0.2, 0.25) is 0 Å². The molecule has 0 aliphatic carbocycles. The fraction of sp³-hybridized carbons (Fsp3) is 1.00. The number of rotatable bonds is 1. The zero-order valence-corrected chi connectivity index (χ0v) is 9.40. The Morgan fingerprint density at radius 1 is 1.11 bits per heavy atom. The summed E-state index contributed by atoms with van der Waals surface area (Å²) in [6, 6.07) is 0. The first-order chi connectivity index (χ1) is 3.65. The summed E-state index contributed by atoms with van der Waals surface area (Å²) in [5.74, 6) is 1.11. The Balaban J connectivity index is -0.0000000720. The van der Waals surface area contributed by atoms with Crippen LogP contribution in [0.4, 0.5) is 0 Å². The van der Waals surface area contributed by atoms with Crippen LogP contribution in [0.1, 0.15) is 6.92 Å². The van der Waals surface area contributed by atoms with Crippen LogP contribution in [0.5, 0.6) is 0 Å². The van der Waals surface area contributed by atoms with Crippen LogP contribution < -0.4 is 0 Å². The summed E-state index contributed by atoms with van der Waals surface area (Å²) in [6.07, 6.45) is 0. The molecule has 0 aromatic rings. The molecule has 0 amide bonds. The van der Waals surface area contributed by atoms with Gasteiger partial charge in [0, 0.05) is 32.2 Å². The molecular weight excluding hydrogens is 296 g/mol. The van der Waals surface area contributed by atoms with Gasteiger partial charge in [0.15, 0.2) is 0 Å². The van der Waals surface area contributed by atoms with E-state index in [4.69, 9.17) is 46.4 Å². The molecule has 0 radical (unpaired) electrons. The number of alkyl halides is 4. The van der Waals surface area contributed by atoms with Crippen LogP contribution in [-0.4, -0.2) is 16.6 Å². The van der Waals surface area contributed by atoms with Gasteiger partial charge in [0.25, 0.3) is 0 Å². The van der Waals surface area contributed by atoms with Crippen molar-refractivity contribution in [3.63, 3.8) is 0 Å². The molecule has 0 rings (SSSR count). The summed E-state index contributed by atoms with van der Waals surface area (Å²) in [4.78, 5) is -0.222. The van der Waals surface area contributed by atoms with Gasteiger partial charge >= 0.3 is 0 Å². The number of hydrogen-bond acceptors (Lipinski definition) is 0. The summed E-state index contributed by atoms with van der Waals surface area (Å²) in [5, 5.41) is 0. The van der Waals surface area contributed by atoms with Gasteiger partial charge in [-0.2, -0.15) is 0 Å². The quantitative estimate of drug-likeness (QED) is 0.515. The van der Waals surface area contributed by atoms with Crippen molar-refractivity contribution in [2.75, 3.05) is 11.8 Å². The molecule has 0 aliphatic heterocycles. The second kappa shape index (κ2) is 16.4. The molecule has 0 heterocycles. The number of halogens is 4. The first kappa shape index (κ1) is 17.1. The normalized spacial score (nSPS) is 7.33. The van der Waals surface area contributed by atoms with Crippen LogP contribution in [0.15, 0.2) is 0 Å². The predicted molar refractivity (Wildman–Crippen MR) is 42.6 cm³/mol. The zero-order valence-electron chi connectivity index (χ0n) is 4.82. The molecule has 5 heteroatoms. The second-order valence-corrected chi connectivity index (χ2v) is 3.19. The average molecular weight is 304 g/mol. The minimum Gasteiger partial charge on any atom is -0.125 e. The van der Waals surface area contributed by atoms with E-state index in [-0.39, 0.29) is 25.3 Å². The van der Waals surface area contributed by atoms with E-state index in [1.165, 1.54) is 0 Å². The molecule has 0 spiro atoms. The van der Waals surface area contributed by atoms with Crippen LogP contribution >= 0.6 is 46.4 Å². The Morgan fingerprint density at radius 3 is 1.22 bits per heavy atom. The summed E-state index contributed by atoms with van der Waals surface area (Å²) in [6.45, 7) is 1.70.